The number of carbonyl (C=O) groups is 1. The number of nitro benzene ring substituents is 1. The van der Waals surface area contributed by atoms with Gasteiger partial charge in [0.25, 0.3) is 5.69 Å². The molecular weight excluding hydrogens is 339 g/mol. The highest BCUT2D eigenvalue weighted by Crippen LogP contribution is 2.26. The van der Waals surface area contributed by atoms with Crippen molar-refractivity contribution in [2.45, 2.75) is 19.3 Å². The first kappa shape index (κ1) is 17.2. The molecule has 0 bridgehead atoms. The predicted octanol–water partition coefficient (Wildman–Crippen LogP) is 4.86. The van der Waals surface area contributed by atoms with Crippen LogP contribution < -0.4 is 5.32 Å². The fourth-order valence-corrected chi connectivity index (χ4v) is 2.38. The Morgan fingerprint density at radius 2 is 1.83 bits per heavy atom. The van der Waals surface area contributed by atoms with Gasteiger partial charge < -0.3 is 5.32 Å². The summed E-state index contributed by atoms with van der Waals surface area (Å²) in [6.45, 7) is 0. The summed E-state index contributed by atoms with van der Waals surface area (Å²) in [4.78, 5) is 22.0. The molecule has 2 aromatic rings. The van der Waals surface area contributed by atoms with Gasteiger partial charge in [0.15, 0.2) is 0 Å². The van der Waals surface area contributed by atoms with Crippen LogP contribution in [0.3, 0.4) is 0 Å². The van der Waals surface area contributed by atoms with E-state index in [1.165, 1.54) is 18.2 Å². The van der Waals surface area contributed by atoms with Gasteiger partial charge in [0.1, 0.15) is 0 Å². The number of halogens is 2. The molecule has 0 atom stereocenters. The van der Waals surface area contributed by atoms with Gasteiger partial charge in [0.2, 0.25) is 5.91 Å². The Kier molecular flexibility index (Phi) is 5.96. The van der Waals surface area contributed by atoms with E-state index in [4.69, 9.17) is 23.2 Å². The number of aryl methyl sites for hydroxylation is 1. The van der Waals surface area contributed by atoms with Crippen molar-refractivity contribution in [1.82, 2.24) is 0 Å². The fourth-order valence-electron chi connectivity index (χ4n) is 2.04. The van der Waals surface area contributed by atoms with E-state index in [1.54, 1.807) is 0 Å². The second kappa shape index (κ2) is 7.94. The first-order valence-corrected chi connectivity index (χ1v) is 7.69. The van der Waals surface area contributed by atoms with Crippen LogP contribution in [0.25, 0.3) is 0 Å². The van der Waals surface area contributed by atoms with Crippen molar-refractivity contribution >= 4 is 40.5 Å². The molecule has 0 unspecified atom stereocenters. The molecule has 0 spiro atoms. The smallest absolute Gasteiger partial charge is 0.271 e. The van der Waals surface area contributed by atoms with E-state index in [1.807, 2.05) is 24.3 Å². The van der Waals surface area contributed by atoms with Crippen molar-refractivity contribution in [3.05, 3.63) is 68.2 Å². The molecule has 0 heterocycles. The largest absolute Gasteiger partial charge is 0.325 e. The predicted molar refractivity (Wildman–Crippen MR) is 91.1 cm³/mol. The molecule has 0 aliphatic rings. The van der Waals surface area contributed by atoms with E-state index in [-0.39, 0.29) is 16.6 Å². The summed E-state index contributed by atoms with van der Waals surface area (Å²) in [6, 6.07) is 11.4. The van der Waals surface area contributed by atoms with Gasteiger partial charge in [-0.1, -0.05) is 35.3 Å². The third-order valence-electron chi connectivity index (χ3n) is 3.22. The van der Waals surface area contributed by atoms with Crippen LogP contribution in [0.15, 0.2) is 42.5 Å². The SMILES string of the molecule is O=C(CCCc1ccc(Cl)cc1)Nc1ccc([N+](=O)[O-])cc1Cl. The standard InChI is InChI=1S/C16H14Cl2N2O3/c17-12-6-4-11(5-7-12)2-1-3-16(21)19-15-9-8-13(20(22)23)10-14(15)18/h4-10H,1-3H2,(H,19,21). The third-order valence-corrected chi connectivity index (χ3v) is 3.78. The highest BCUT2D eigenvalue weighted by molar-refractivity contribution is 6.34. The van der Waals surface area contributed by atoms with Crippen molar-refractivity contribution in [2.75, 3.05) is 5.32 Å². The van der Waals surface area contributed by atoms with Gasteiger partial charge >= 0.3 is 0 Å². The molecule has 7 heteroatoms. The maximum absolute atomic E-state index is 11.9. The van der Waals surface area contributed by atoms with Crippen LogP contribution in [-0.2, 0) is 11.2 Å². The Hall–Kier alpha value is -2.11. The van der Waals surface area contributed by atoms with Crippen LogP contribution in [0.2, 0.25) is 10.0 Å². The van der Waals surface area contributed by atoms with Gasteiger partial charge in [-0.05, 0) is 36.6 Å². The molecule has 0 aliphatic carbocycles. The summed E-state index contributed by atoms with van der Waals surface area (Å²) in [5.41, 5.74) is 1.36. The van der Waals surface area contributed by atoms with Gasteiger partial charge in [0, 0.05) is 23.6 Å². The summed E-state index contributed by atoms with van der Waals surface area (Å²) in [5, 5.41) is 14.1. The van der Waals surface area contributed by atoms with Crippen LogP contribution in [0.4, 0.5) is 11.4 Å². The molecular formula is C16H14Cl2N2O3. The zero-order valence-electron chi connectivity index (χ0n) is 12.1. The Bertz CT molecular complexity index is 718. The lowest BCUT2D eigenvalue weighted by molar-refractivity contribution is -0.384. The van der Waals surface area contributed by atoms with Crippen molar-refractivity contribution in [1.29, 1.82) is 0 Å². The van der Waals surface area contributed by atoms with Crippen LogP contribution in [-0.4, -0.2) is 10.8 Å². The summed E-state index contributed by atoms with van der Waals surface area (Å²) >= 11 is 11.7. The van der Waals surface area contributed by atoms with E-state index >= 15 is 0 Å². The number of benzene rings is 2. The summed E-state index contributed by atoms with van der Waals surface area (Å²) in [7, 11) is 0. The average Bonchev–Trinajstić information content (AvgIpc) is 2.51. The molecule has 0 fully saturated rings. The first-order valence-electron chi connectivity index (χ1n) is 6.94. The van der Waals surface area contributed by atoms with Crippen molar-refractivity contribution in [3.8, 4) is 0 Å². The number of hydrogen-bond donors (Lipinski definition) is 1. The fraction of sp³-hybridized carbons (Fsp3) is 0.188. The molecule has 0 saturated carbocycles. The van der Waals surface area contributed by atoms with Crippen molar-refractivity contribution in [3.63, 3.8) is 0 Å². The van der Waals surface area contributed by atoms with E-state index in [2.05, 4.69) is 5.32 Å². The molecule has 1 amide bonds. The number of amides is 1. The highest BCUT2D eigenvalue weighted by Gasteiger charge is 2.11. The summed E-state index contributed by atoms with van der Waals surface area (Å²) in [5.74, 6) is -0.185. The number of carbonyl (C=O) groups excluding carboxylic acids is 1. The van der Waals surface area contributed by atoms with Crippen LogP contribution in [0.5, 0.6) is 0 Å². The second-order valence-corrected chi connectivity index (χ2v) is 5.79. The first-order chi connectivity index (χ1) is 11.0. The number of nitrogens with zero attached hydrogens (tertiary/aromatic N) is 1. The number of anilines is 1. The third kappa shape index (κ3) is 5.23. The van der Waals surface area contributed by atoms with Gasteiger partial charge in [-0.15, -0.1) is 0 Å². The number of non-ortho nitro benzene ring substituents is 1. The molecule has 1 N–H and O–H groups in total. The lowest BCUT2D eigenvalue weighted by Gasteiger charge is -2.07. The Labute approximate surface area is 143 Å². The van der Waals surface area contributed by atoms with E-state index in [0.29, 0.717) is 23.6 Å². The molecule has 2 rings (SSSR count). The number of hydrogen-bond acceptors (Lipinski definition) is 3. The monoisotopic (exact) mass is 352 g/mol. The highest BCUT2D eigenvalue weighted by atomic mass is 35.5. The molecule has 0 saturated heterocycles. The van der Waals surface area contributed by atoms with Gasteiger partial charge in [-0.2, -0.15) is 0 Å². The van der Waals surface area contributed by atoms with Crippen LogP contribution in [0, 0.1) is 10.1 Å². The number of nitrogens with one attached hydrogen (secondary N) is 1. The zero-order chi connectivity index (χ0) is 16.8. The van der Waals surface area contributed by atoms with Crippen LogP contribution >= 0.6 is 23.2 Å². The van der Waals surface area contributed by atoms with Crippen molar-refractivity contribution in [2.24, 2.45) is 0 Å². The maximum atomic E-state index is 11.9. The van der Waals surface area contributed by atoms with Crippen LogP contribution in [0.1, 0.15) is 18.4 Å². The minimum absolute atomic E-state index is 0.115. The van der Waals surface area contributed by atoms with Crippen molar-refractivity contribution < 1.29 is 9.72 Å². The number of rotatable bonds is 6. The molecule has 5 nitrogen and oxygen atoms in total. The summed E-state index contributed by atoms with van der Waals surface area (Å²) < 4.78 is 0. The quantitative estimate of drug-likeness (QED) is 0.595. The second-order valence-electron chi connectivity index (χ2n) is 4.95. The minimum atomic E-state index is -0.538. The molecule has 0 aromatic heterocycles. The molecule has 0 radical (unpaired) electrons. The topological polar surface area (TPSA) is 72.2 Å². The molecule has 23 heavy (non-hydrogen) atoms. The Morgan fingerprint density at radius 1 is 1.13 bits per heavy atom. The van der Waals surface area contributed by atoms with Gasteiger partial charge in [0.05, 0.1) is 15.6 Å². The lowest BCUT2D eigenvalue weighted by atomic mass is 10.1. The molecule has 2 aromatic carbocycles. The minimum Gasteiger partial charge on any atom is -0.325 e. The normalized spacial score (nSPS) is 10.3. The molecule has 120 valence electrons. The van der Waals surface area contributed by atoms with E-state index in [0.717, 1.165) is 12.0 Å². The summed E-state index contributed by atoms with van der Waals surface area (Å²) in [6.07, 6.45) is 1.77. The lowest BCUT2D eigenvalue weighted by Crippen LogP contribution is -2.12. The average molecular weight is 353 g/mol. The molecule has 0 aliphatic heterocycles. The van der Waals surface area contributed by atoms with Gasteiger partial charge in [-0.3, -0.25) is 14.9 Å². The van der Waals surface area contributed by atoms with E-state index in [9.17, 15) is 14.9 Å². The Balaban J connectivity index is 1.85. The zero-order valence-corrected chi connectivity index (χ0v) is 13.6. The maximum Gasteiger partial charge on any atom is 0.271 e. The van der Waals surface area contributed by atoms with Gasteiger partial charge in [-0.25, -0.2) is 0 Å². The van der Waals surface area contributed by atoms with E-state index < -0.39 is 4.92 Å². The number of nitro groups is 1. The Morgan fingerprint density at radius 3 is 2.43 bits per heavy atom.